The van der Waals surface area contributed by atoms with Gasteiger partial charge in [0.1, 0.15) is 0 Å². The highest BCUT2D eigenvalue weighted by Crippen LogP contribution is 2.15. The molecule has 120 valence electrons. The Hall–Kier alpha value is -0.830. The molecule has 0 heterocycles. The van der Waals surface area contributed by atoms with Gasteiger partial charge in [0.05, 0.1) is 0 Å². The Morgan fingerprint density at radius 3 is 1.85 bits per heavy atom. The summed E-state index contributed by atoms with van der Waals surface area (Å²) in [6, 6.07) is 0. The second kappa shape index (κ2) is 18.2. The third-order valence-corrected chi connectivity index (χ3v) is 3.17. The molecule has 0 aromatic carbocycles. The lowest BCUT2D eigenvalue weighted by Gasteiger charge is -2.07. The van der Waals surface area contributed by atoms with Crippen LogP contribution in [0.1, 0.15) is 78.1 Å². The summed E-state index contributed by atoms with van der Waals surface area (Å²) in [6.45, 7) is 7.54. The molecular formula is C17H34O3. The maximum atomic E-state index is 9.00. The minimum atomic E-state index is -0.833. The summed E-state index contributed by atoms with van der Waals surface area (Å²) in [7, 11) is 0. The van der Waals surface area contributed by atoms with Gasteiger partial charge in [0.25, 0.3) is 5.97 Å². The molecule has 0 saturated carbocycles. The molecule has 0 rings (SSSR count). The Balaban J connectivity index is 0. The van der Waals surface area contributed by atoms with E-state index in [9.17, 15) is 0 Å². The zero-order chi connectivity index (χ0) is 15.6. The van der Waals surface area contributed by atoms with Crippen molar-refractivity contribution in [3.8, 4) is 0 Å². The van der Waals surface area contributed by atoms with Crippen molar-refractivity contribution in [2.75, 3.05) is 6.61 Å². The van der Waals surface area contributed by atoms with Crippen LogP contribution in [-0.2, 0) is 4.79 Å². The average molecular weight is 286 g/mol. The second-order valence-corrected chi connectivity index (χ2v) is 5.49. The van der Waals surface area contributed by atoms with Crippen molar-refractivity contribution in [3.05, 3.63) is 12.7 Å². The highest BCUT2D eigenvalue weighted by molar-refractivity contribution is 5.62. The van der Waals surface area contributed by atoms with Crippen LogP contribution in [0.4, 0.5) is 0 Å². The summed E-state index contributed by atoms with van der Waals surface area (Å²) >= 11 is 0. The number of aliphatic hydroxyl groups is 1. The predicted octanol–water partition coefficient (Wildman–Crippen LogP) is 4.79. The predicted molar refractivity (Wildman–Crippen MR) is 85.9 cm³/mol. The summed E-state index contributed by atoms with van der Waals surface area (Å²) < 4.78 is 0. The van der Waals surface area contributed by atoms with E-state index < -0.39 is 5.97 Å². The number of hydrogen-bond donors (Lipinski definition) is 2. The van der Waals surface area contributed by atoms with E-state index >= 15 is 0 Å². The van der Waals surface area contributed by atoms with Gasteiger partial charge in [0.2, 0.25) is 0 Å². The topological polar surface area (TPSA) is 57.5 Å². The van der Waals surface area contributed by atoms with Gasteiger partial charge < -0.3 is 10.2 Å². The van der Waals surface area contributed by atoms with Gasteiger partial charge in [0.15, 0.2) is 0 Å². The first-order valence-electron chi connectivity index (χ1n) is 7.95. The van der Waals surface area contributed by atoms with Gasteiger partial charge in [-0.3, -0.25) is 4.79 Å². The molecule has 3 heteroatoms. The molecule has 1 unspecified atom stereocenters. The average Bonchev–Trinajstić information content (AvgIpc) is 2.36. The van der Waals surface area contributed by atoms with Crippen LogP contribution in [0.5, 0.6) is 0 Å². The summed E-state index contributed by atoms with van der Waals surface area (Å²) in [4.78, 5) is 9.00. The Labute approximate surface area is 125 Å². The number of rotatable bonds is 12. The minimum Gasteiger partial charge on any atom is -0.481 e. The molecule has 0 bridgehead atoms. The van der Waals surface area contributed by atoms with Crippen molar-refractivity contribution < 1.29 is 15.0 Å². The molecule has 0 aliphatic heterocycles. The van der Waals surface area contributed by atoms with Crippen molar-refractivity contribution in [1.29, 1.82) is 0 Å². The SMILES string of the molecule is C=CCC(C)CCCCCCCCCCO.CC(=O)O. The number of allylic oxidation sites excluding steroid dienone is 1. The Morgan fingerprint density at radius 1 is 1.05 bits per heavy atom. The standard InChI is InChI=1S/C15H30O.C2H4O2/c1-3-12-15(2)13-10-8-6-4-5-7-9-11-14-16;1-2(3)4/h3,15-16H,1,4-14H2,2H3;1H3,(H,3,4). The van der Waals surface area contributed by atoms with Crippen molar-refractivity contribution in [2.24, 2.45) is 5.92 Å². The lowest BCUT2D eigenvalue weighted by Crippen LogP contribution is -1.92. The molecule has 0 fully saturated rings. The molecule has 3 nitrogen and oxygen atoms in total. The van der Waals surface area contributed by atoms with Crippen LogP contribution in [0, 0.1) is 5.92 Å². The Morgan fingerprint density at radius 2 is 1.45 bits per heavy atom. The van der Waals surface area contributed by atoms with Crippen LogP contribution in [0.25, 0.3) is 0 Å². The fourth-order valence-corrected chi connectivity index (χ4v) is 2.07. The van der Waals surface area contributed by atoms with Crippen molar-refractivity contribution in [1.82, 2.24) is 0 Å². The fraction of sp³-hybridized carbons (Fsp3) is 0.824. The highest BCUT2D eigenvalue weighted by Gasteiger charge is 1.98. The second-order valence-electron chi connectivity index (χ2n) is 5.49. The van der Waals surface area contributed by atoms with E-state index in [0.29, 0.717) is 6.61 Å². The molecule has 0 spiro atoms. The van der Waals surface area contributed by atoms with Gasteiger partial charge >= 0.3 is 0 Å². The number of carbonyl (C=O) groups is 1. The molecule has 0 aromatic rings. The van der Waals surface area contributed by atoms with E-state index in [4.69, 9.17) is 15.0 Å². The quantitative estimate of drug-likeness (QED) is 0.400. The number of aliphatic hydroxyl groups excluding tert-OH is 1. The van der Waals surface area contributed by atoms with Crippen LogP contribution in [-0.4, -0.2) is 22.8 Å². The van der Waals surface area contributed by atoms with Crippen LogP contribution >= 0.6 is 0 Å². The third-order valence-electron chi connectivity index (χ3n) is 3.17. The van der Waals surface area contributed by atoms with Crippen molar-refractivity contribution in [3.63, 3.8) is 0 Å². The maximum absolute atomic E-state index is 9.00. The minimum absolute atomic E-state index is 0.362. The highest BCUT2D eigenvalue weighted by atomic mass is 16.4. The molecule has 0 radical (unpaired) electrons. The normalized spacial score (nSPS) is 11.3. The molecule has 1 atom stereocenters. The number of aliphatic carboxylic acids is 1. The van der Waals surface area contributed by atoms with Crippen LogP contribution in [0.15, 0.2) is 12.7 Å². The number of hydrogen-bond acceptors (Lipinski definition) is 2. The number of carboxylic acids is 1. The van der Waals surface area contributed by atoms with Gasteiger partial charge in [-0.25, -0.2) is 0 Å². The van der Waals surface area contributed by atoms with Crippen molar-refractivity contribution in [2.45, 2.75) is 78.1 Å². The van der Waals surface area contributed by atoms with E-state index in [1.54, 1.807) is 0 Å². The molecule has 0 aliphatic carbocycles. The van der Waals surface area contributed by atoms with Gasteiger partial charge in [-0.05, 0) is 18.8 Å². The van der Waals surface area contributed by atoms with Gasteiger partial charge in [0, 0.05) is 13.5 Å². The van der Waals surface area contributed by atoms with E-state index in [2.05, 4.69) is 13.5 Å². The van der Waals surface area contributed by atoms with E-state index in [1.807, 2.05) is 6.08 Å². The molecule has 0 saturated heterocycles. The van der Waals surface area contributed by atoms with Crippen molar-refractivity contribution >= 4 is 5.97 Å². The van der Waals surface area contributed by atoms with Gasteiger partial charge in [-0.15, -0.1) is 6.58 Å². The molecule has 2 N–H and O–H groups in total. The molecule has 20 heavy (non-hydrogen) atoms. The van der Waals surface area contributed by atoms with Crippen LogP contribution < -0.4 is 0 Å². The molecule has 0 aromatic heterocycles. The van der Waals surface area contributed by atoms with E-state index in [1.165, 1.54) is 57.8 Å². The maximum Gasteiger partial charge on any atom is 0.300 e. The largest absolute Gasteiger partial charge is 0.481 e. The van der Waals surface area contributed by atoms with E-state index in [0.717, 1.165) is 19.3 Å². The lowest BCUT2D eigenvalue weighted by atomic mass is 9.99. The first-order chi connectivity index (χ1) is 9.54. The summed E-state index contributed by atoms with van der Waals surface area (Å²) in [6.07, 6.45) is 14.9. The first-order valence-corrected chi connectivity index (χ1v) is 7.95. The van der Waals surface area contributed by atoms with Crippen LogP contribution in [0.3, 0.4) is 0 Å². The summed E-state index contributed by atoms with van der Waals surface area (Å²) in [5.41, 5.74) is 0. The lowest BCUT2D eigenvalue weighted by molar-refractivity contribution is -0.134. The van der Waals surface area contributed by atoms with Crippen LogP contribution in [0.2, 0.25) is 0 Å². The number of unbranched alkanes of at least 4 members (excludes halogenated alkanes) is 7. The Kier molecular flexibility index (Phi) is 19.5. The third kappa shape index (κ3) is 25.9. The smallest absolute Gasteiger partial charge is 0.300 e. The summed E-state index contributed by atoms with van der Waals surface area (Å²) in [5.74, 6) is -0.0120. The monoisotopic (exact) mass is 286 g/mol. The Bertz CT molecular complexity index is 210. The zero-order valence-corrected chi connectivity index (χ0v) is 13.4. The van der Waals surface area contributed by atoms with Gasteiger partial charge in [-0.2, -0.15) is 0 Å². The molecular weight excluding hydrogens is 252 g/mol. The zero-order valence-electron chi connectivity index (χ0n) is 13.4. The fourth-order valence-electron chi connectivity index (χ4n) is 2.07. The summed E-state index contributed by atoms with van der Waals surface area (Å²) in [5, 5.41) is 16.0. The molecule has 0 amide bonds. The van der Waals surface area contributed by atoms with E-state index in [-0.39, 0.29) is 0 Å². The first kappa shape index (κ1) is 21.5. The van der Waals surface area contributed by atoms with Gasteiger partial charge in [-0.1, -0.05) is 64.4 Å². The number of carboxylic acid groups (broad SMARTS) is 1. The molecule has 0 aliphatic rings.